The molecule has 4 rings (SSSR count). The van der Waals surface area contributed by atoms with Crippen LogP contribution in [-0.2, 0) is 14.3 Å². The molecular formula is C28H39N4O5U-. The van der Waals surface area contributed by atoms with Crippen LogP contribution in [0.25, 0.3) is 5.70 Å². The first-order valence-corrected chi connectivity index (χ1v) is 13.5. The molecule has 1 aromatic rings. The Morgan fingerprint density at radius 2 is 1.95 bits per heavy atom. The van der Waals surface area contributed by atoms with Gasteiger partial charge in [0.2, 0.25) is 18.2 Å². The number of piperidine rings is 1. The van der Waals surface area contributed by atoms with E-state index in [-0.39, 0.29) is 55.4 Å². The molecule has 0 aliphatic carbocycles. The molecular weight excluding hydrogens is 710 g/mol. The van der Waals surface area contributed by atoms with Crippen LogP contribution in [0.3, 0.4) is 0 Å². The van der Waals surface area contributed by atoms with Crippen LogP contribution in [0.15, 0.2) is 18.2 Å². The van der Waals surface area contributed by atoms with Crippen molar-refractivity contribution in [2.45, 2.75) is 70.1 Å². The molecule has 0 aromatic heterocycles. The molecule has 38 heavy (non-hydrogen) atoms. The van der Waals surface area contributed by atoms with E-state index in [0.717, 1.165) is 64.8 Å². The Labute approximate surface area is 249 Å². The normalized spacial score (nSPS) is 18.9. The van der Waals surface area contributed by atoms with Crippen LogP contribution in [0.5, 0.6) is 5.75 Å². The van der Waals surface area contributed by atoms with Gasteiger partial charge >= 0.3 is 0 Å². The summed E-state index contributed by atoms with van der Waals surface area (Å²) in [5, 5.41) is 5.37. The van der Waals surface area contributed by atoms with Crippen LogP contribution >= 0.6 is 0 Å². The fraction of sp³-hybridized carbons (Fsp3) is 0.607. The zero-order valence-corrected chi connectivity index (χ0v) is 26.4. The van der Waals surface area contributed by atoms with Gasteiger partial charge in [-0.2, -0.15) is 0 Å². The number of unbranched alkanes of at least 4 members (excludes halogenated alkanes) is 2. The number of hydrogen-bond acceptors (Lipinski definition) is 7. The van der Waals surface area contributed by atoms with Crippen LogP contribution < -0.4 is 15.4 Å². The molecule has 1 unspecified atom stereocenters. The summed E-state index contributed by atoms with van der Waals surface area (Å²) in [5.74, 6) is 0.132. The molecule has 2 N–H and O–H groups in total. The first-order chi connectivity index (χ1) is 18.0. The Kier molecular flexibility index (Phi) is 12.3. The van der Waals surface area contributed by atoms with E-state index < -0.39 is 0 Å². The molecule has 1 atom stereocenters. The van der Waals surface area contributed by atoms with Crippen molar-refractivity contribution in [3.05, 3.63) is 35.9 Å². The average Bonchev–Trinajstić information content (AvgIpc) is 3.12. The number of benzene rings is 1. The second-order valence-electron chi connectivity index (χ2n) is 10.2. The molecule has 0 saturated carbocycles. The molecule has 3 heterocycles. The summed E-state index contributed by atoms with van der Waals surface area (Å²) >= 11 is 0. The van der Waals surface area contributed by atoms with Gasteiger partial charge in [-0.3, -0.25) is 26.3 Å². The number of likely N-dealkylation sites (tertiary alicyclic amines) is 1. The Hall–Kier alpha value is -1.70. The Balaban J connectivity index is 0.00000400. The number of imide groups is 1. The van der Waals surface area contributed by atoms with Gasteiger partial charge in [-0.25, -0.2) is 0 Å². The quantitative estimate of drug-likeness (QED) is 0.171. The number of fused-ring (bicyclic) bond motifs is 1. The van der Waals surface area contributed by atoms with Crippen LogP contribution in [0.4, 0.5) is 0 Å². The van der Waals surface area contributed by atoms with E-state index in [9.17, 15) is 14.4 Å². The molecule has 1 aromatic carbocycles. The van der Waals surface area contributed by atoms with Crippen LogP contribution in [0, 0.1) is 37.7 Å². The van der Waals surface area contributed by atoms with Gasteiger partial charge in [0, 0.05) is 69.8 Å². The minimum atomic E-state index is -0.378. The number of carbonyl (C=O) groups is 3. The van der Waals surface area contributed by atoms with E-state index >= 15 is 0 Å². The van der Waals surface area contributed by atoms with Crippen molar-refractivity contribution >= 4 is 23.9 Å². The Morgan fingerprint density at radius 3 is 2.63 bits per heavy atom. The predicted octanol–water partition coefficient (Wildman–Crippen LogP) is 2.36. The number of amides is 3. The molecule has 3 aliphatic rings. The maximum absolute atomic E-state index is 12.9. The third kappa shape index (κ3) is 8.15. The zero-order valence-electron chi connectivity index (χ0n) is 22.2. The molecule has 3 aliphatic heterocycles. The summed E-state index contributed by atoms with van der Waals surface area (Å²) in [6.45, 7) is 14.1. The van der Waals surface area contributed by atoms with Gasteiger partial charge in [0.1, 0.15) is 5.75 Å². The molecule has 206 valence electrons. The molecule has 0 radical (unpaired) electrons. The Morgan fingerprint density at radius 1 is 1.18 bits per heavy atom. The number of hydrogen-bond donors (Lipinski definition) is 2. The number of ether oxygens (including phenoxy) is 2. The minimum Gasteiger partial charge on any atom is -0.495 e. The predicted molar refractivity (Wildman–Crippen MR) is 140 cm³/mol. The number of nitrogens with zero attached hydrogens (tertiary/aromatic N) is 2. The fourth-order valence-corrected chi connectivity index (χ4v) is 5.13. The van der Waals surface area contributed by atoms with Crippen LogP contribution in [0.1, 0.15) is 67.8 Å². The molecule has 0 bridgehead atoms. The molecule has 0 spiro atoms. The van der Waals surface area contributed by atoms with Gasteiger partial charge in [-0.15, -0.1) is 11.3 Å². The van der Waals surface area contributed by atoms with E-state index in [0.29, 0.717) is 54.2 Å². The smallest absolute Gasteiger partial charge is 0.238 e. The second-order valence-corrected chi connectivity index (χ2v) is 10.2. The fourth-order valence-electron chi connectivity index (χ4n) is 5.13. The minimum absolute atomic E-state index is 0. The first kappa shape index (κ1) is 30.8. The summed E-state index contributed by atoms with van der Waals surface area (Å²) in [6.07, 6.45) is 7.22. The van der Waals surface area contributed by atoms with E-state index in [1.54, 1.807) is 6.07 Å². The van der Waals surface area contributed by atoms with E-state index in [2.05, 4.69) is 15.5 Å². The van der Waals surface area contributed by atoms with Crippen LogP contribution in [-0.4, -0.2) is 85.6 Å². The number of carbonyl (C=O) groups excluding carboxylic acids is 3. The maximum Gasteiger partial charge on any atom is 0.238 e. The Bertz CT molecular complexity index is 978. The van der Waals surface area contributed by atoms with Crippen molar-refractivity contribution in [2.75, 3.05) is 39.3 Å². The molecule has 9 nitrogen and oxygen atoms in total. The number of nitrogens with one attached hydrogen (secondary N) is 2. The third-order valence-corrected chi connectivity index (χ3v) is 7.48. The number of rotatable bonds is 14. The topological polar surface area (TPSA) is 100 Å². The maximum atomic E-state index is 12.9. The van der Waals surface area contributed by atoms with Crippen molar-refractivity contribution in [2.24, 2.45) is 0 Å². The van der Waals surface area contributed by atoms with Crippen LogP contribution in [0.2, 0.25) is 0 Å². The summed E-state index contributed by atoms with van der Waals surface area (Å²) in [6, 6.07) is 5.10. The van der Waals surface area contributed by atoms with E-state index in [1.807, 2.05) is 19.1 Å². The first-order valence-electron chi connectivity index (χ1n) is 13.5. The monoisotopic (exact) mass is 749 g/mol. The average molecular weight is 750 g/mol. The molecule has 2 saturated heterocycles. The van der Waals surface area contributed by atoms with Crippen molar-refractivity contribution in [1.29, 1.82) is 0 Å². The SMILES string of the molecule is [CH-]=C1c2cc(OCCCCCN3CCC(OC4CNC4)CC3)ccc2C(=O)N1C(C)CCC(=O)NC=O.[U]. The van der Waals surface area contributed by atoms with Gasteiger partial charge in [0.25, 0.3) is 0 Å². The molecule has 3 amide bonds. The standard InChI is InChI=1S/C28H39N4O5.U/c1-20(6-9-27(34)30-19-33)32-21(2)26-16-23(7-8-25(26)28(32)35)36-15-5-3-4-12-31-13-10-22(11-14-31)37-24-17-29-18-24;/h2,7-8,16,19-20,22,24,29H,3-6,9-15,17-18H2,1H3,(H,30,33,34);/q-1;. The van der Waals surface area contributed by atoms with Crippen molar-refractivity contribution in [1.82, 2.24) is 20.4 Å². The van der Waals surface area contributed by atoms with E-state index in [1.165, 1.54) is 4.90 Å². The summed E-state index contributed by atoms with van der Waals surface area (Å²) in [4.78, 5) is 38.9. The molecule has 2 fully saturated rings. The largest absolute Gasteiger partial charge is 0.495 e. The second kappa shape index (κ2) is 15.2. The summed E-state index contributed by atoms with van der Waals surface area (Å²) in [7, 11) is 0. The van der Waals surface area contributed by atoms with Gasteiger partial charge in [-0.05, 0) is 63.6 Å². The van der Waals surface area contributed by atoms with Gasteiger partial charge in [0.05, 0.1) is 18.8 Å². The van der Waals surface area contributed by atoms with Crippen molar-refractivity contribution in [3.8, 4) is 5.75 Å². The summed E-state index contributed by atoms with van der Waals surface area (Å²) < 4.78 is 12.1. The van der Waals surface area contributed by atoms with Crippen molar-refractivity contribution in [3.63, 3.8) is 0 Å². The van der Waals surface area contributed by atoms with Gasteiger partial charge in [0.15, 0.2) is 0 Å². The van der Waals surface area contributed by atoms with Gasteiger partial charge < -0.3 is 24.6 Å². The molecule has 10 heteroatoms. The van der Waals surface area contributed by atoms with Gasteiger partial charge in [-0.1, -0.05) is 12.1 Å². The van der Waals surface area contributed by atoms with Crippen molar-refractivity contribution < 1.29 is 55.0 Å². The summed E-state index contributed by atoms with van der Waals surface area (Å²) in [5.41, 5.74) is 1.56. The zero-order chi connectivity index (χ0) is 26.2. The third-order valence-electron chi connectivity index (χ3n) is 7.48. The van der Waals surface area contributed by atoms with E-state index in [4.69, 9.17) is 16.1 Å².